The van der Waals surface area contributed by atoms with Gasteiger partial charge in [-0.05, 0) is 32.6 Å². The van der Waals surface area contributed by atoms with Gasteiger partial charge in [0.2, 0.25) is 10.0 Å². The number of hydrogen-bond donors (Lipinski definition) is 1. The number of rotatable bonds is 4. The molecule has 1 atom stereocenters. The molecule has 0 aliphatic carbocycles. The molecule has 1 aromatic rings. The van der Waals surface area contributed by atoms with E-state index in [9.17, 15) is 12.8 Å². The summed E-state index contributed by atoms with van der Waals surface area (Å²) in [6.07, 6.45) is 0.740. The van der Waals surface area contributed by atoms with Gasteiger partial charge in [0, 0.05) is 19.1 Å². The summed E-state index contributed by atoms with van der Waals surface area (Å²) in [5, 5.41) is 0. The minimum Gasteiger partial charge on any atom is -0.389 e. The maximum atomic E-state index is 13.9. The zero-order chi connectivity index (χ0) is 15.8. The second-order valence-electron chi connectivity index (χ2n) is 5.25. The van der Waals surface area contributed by atoms with Crippen molar-refractivity contribution in [2.75, 3.05) is 27.2 Å². The van der Waals surface area contributed by atoms with Gasteiger partial charge in [-0.3, -0.25) is 0 Å². The summed E-state index contributed by atoms with van der Waals surface area (Å²) in [6.45, 7) is 0.779. The molecule has 1 unspecified atom stereocenters. The van der Waals surface area contributed by atoms with Crippen molar-refractivity contribution in [3.8, 4) is 0 Å². The van der Waals surface area contributed by atoms with Gasteiger partial charge in [0.15, 0.2) is 0 Å². The Kier molecular flexibility index (Phi) is 4.62. The van der Waals surface area contributed by atoms with Crippen LogP contribution in [0, 0.1) is 5.82 Å². The molecule has 1 aliphatic heterocycles. The van der Waals surface area contributed by atoms with E-state index in [2.05, 4.69) is 0 Å². The van der Waals surface area contributed by atoms with E-state index in [4.69, 9.17) is 18.0 Å². The second kappa shape index (κ2) is 5.96. The van der Waals surface area contributed by atoms with Crippen LogP contribution in [-0.2, 0) is 10.0 Å². The predicted molar refractivity (Wildman–Crippen MR) is 83.1 cm³/mol. The standard InChI is InChI=1S/C13H18FN3O2S2/c1-16(2)9-6-7-17(8-9)21(18,19)11-5-3-4-10(14)12(11)13(15)20/h3-5,9H,6-8H2,1-2H3,(H2,15,20). The molecule has 21 heavy (non-hydrogen) atoms. The summed E-state index contributed by atoms with van der Waals surface area (Å²) in [7, 11) is 0.00818. The maximum absolute atomic E-state index is 13.9. The number of hydrogen-bond acceptors (Lipinski definition) is 4. The van der Waals surface area contributed by atoms with Crippen LogP contribution in [0.3, 0.4) is 0 Å². The maximum Gasteiger partial charge on any atom is 0.243 e. The Morgan fingerprint density at radius 3 is 2.67 bits per heavy atom. The lowest BCUT2D eigenvalue weighted by molar-refractivity contribution is 0.302. The molecule has 8 heteroatoms. The molecular weight excluding hydrogens is 313 g/mol. The first-order valence-corrected chi connectivity index (χ1v) is 8.35. The quantitative estimate of drug-likeness (QED) is 0.826. The third kappa shape index (κ3) is 3.08. The number of nitrogens with zero attached hydrogens (tertiary/aromatic N) is 2. The Balaban J connectivity index is 2.42. The highest BCUT2D eigenvalue weighted by Crippen LogP contribution is 2.26. The van der Waals surface area contributed by atoms with Crippen molar-refractivity contribution in [2.45, 2.75) is 17.4 Å². The Morgan fingerprint density at radius 1 is 1.48 bits per heavy atom. The Morgan fingerprint density at radius 2 is 2.14 bits per heavy atom. The number of benzene rings is 1. The van der Waals surface area contributed by atoms with Gasteiger partial charge in [0.05, 0.1) is 10.5 Å². The van der Waals surface area contributed by atoms with Gasteiger partial charge in [-0.15, -0.1) is 0 Å². The van der Waals surface area contributed by atoms with Crippen LogP contribution in [0.25, 0.3) is 0 Å². The number of thiocarbonyl (C=S) groups is 1. The molecule has 1 saturated heterocycles. The van der Waals surface area contributed by atoms with Gasteiger partial charge in [-0.25, -0.2) is 12.8 Å². The molecule has 116 valence electrons. The average molecular weight is 331 g/mol. The molecule has 5 nitrogen and oxygen atoms in total. The first-order chi connectivity index (χ1) is 9.75. The summed E-state index contributed by atoms with van der Waals surface area (Å²) in [6, 6.07) is 4.00. The number of likely N-dealkylation sites (N-methyl/N-ethyl adjacent to an activating group) is 1. The highest BCUT2D eigenvalue weighted by atomic mass is 32.2. The van der Waals surface area contributed by atoms with E-state index in [0.29, 0.717) is 13.1 Å². The molecule has 0 saturated carbocycles. The Hall–Kier alpha value is -1.09. The third-order valence-electron chi connectivity index (χ3n) is 3.70. The first kappa shape index (κ1) is 16.3. The van der Waals surface area contributed by atoms with Crippen molar-refractivity contribution >= 4 is 27.2 Å². The normalized spacial score (nSPS) is 20.1. The van der Waals surface area contributed by atoms with Crippen molar-refractivity contribution in [2.24, 2.45) is 5.73 Å². The van der Waals surface area contributed by atoms with Crippen LogP contribution in [-0.4, -0.2) is 55.8 Å². The van der Waals surface area contributed by atoms with E-state index in [1.165, 1.54) is 16.4 Å². The molecular formula is C13H18FN3O2S2. The fraction of sp³-hybridized carbons (Fsp3) is 0.462. The molecule has 0 spiro atoms. The van der Waals surface area contributed by atoms with E-state index in [1.54, 1.807) is 0 Å². The molecule has 1 aromatic carbocycles. The monoisotopic (exact) mass is 331 g/mol. The van der Waals surface area contributed by atoms with Crippen LogP contribution in [0.5, 0.6) is 0 Å². The fourth-order valence-electron chi connectivity index (χ4n) is 2.45. The van der Waals surface area contributed by atoms with Gasteiger partial charge in [-0.2, -0.15) is 4.31 Å². The smallest absolute Gasteiger partial charge is 0.243 e. The number of sulfonamides is 1. The van der Waals surface area contributed by atoms with E-state index >= 15 is 0 Å². The zero-order valence-corrected chi connectivity index (χ0v) is 13.5. The van der Waals surface area contributed by atoms with Crippen molar-refractivity contribution in [1.82, 2.24) is 9.21 Å². The molecule has 2 rings (SSSR count). The van der Waals surface area contributed by atoms with E-state index in [0.717, 1.165) is 12.5 Å². The van der Waals surface area contributed by atoms with Crippen LogP contribution < -0.4 is 5.73 Å². The Bertz CT molecular complexity index is 661. The number of nitrogens with two attached hydrogens (primary N) is 1. The molecule has 0 aromatic heterocycles. The molecule has 0 amide bonds. The van der Waals surface area contributed by atoms with E-state index in [1.807, 2.05) is 19.0 Å². The fourth-order valence-corrected chi connectivity index (χ4v) is 4.43. The molecule has 0 radical (unpaired) electrons. The molecule has 1 heterocycles. The third-order valence-corrected chi connectivity index (χ3v) is 5.81. The predicted octanol–water partition coefficient (Wildman–Crippen LogP) is 0.785. The van der Waals surface area contributed by atoms with Gasteiger partial charge in [0.25, 0.3) is 0 Å². The summed E-state index contributed by atoms with van der Waals surface area (Å²) < 4.78 is 40.6. The van der Waals surface area contributed by atoms with Gasteiger partial charge in [-0.1, -0.05) is 18.3 Å². The number of halogens is 1. The van der Waals surface area contributed by atoms with Crippen molar-refractivity contribution in [3.05, 3.63) is 29.6 Å². The summed E-state index contributed by atoms with van der Waals surface area (Å²) >= 11 is 4.79. The van der Waals surface area contributed by atoms with E-state index < -0.39 is 15.8 Å². The van der Waals surface area contributed by atoms with Crippen LogP contribution >= 0.6 is 12.2 Å². The summed E-state index contributed by atoms with van der Waals surface area (Å²) in [5.41, 5.74) is 5.28. The molecule has 1 aliphatic rings. The topological polar surface area (TPSA) is 66.6 Å². The van der Waals surface area contributed by atoms with Gasteiger partial charge >= 0.3 is 0 Å². The van der Waals surface area contributed by atoms with Crippen molar-refractivity contribution in [3.63, 3.8) is 0 Å². The van der Waals surface area contributed by atoms with Crippen molar-refractivity contribution in [1.29, 1.82) is 0 Å². The molecule has 1 fully saturated rings. The highest BCUT2D eigenvalue weighted by Gasteiger charge is 2.35. The first-order valence-electron chi connectivity index (χ1n) is 6.50. The van der Waals surface area contributed by atoms with Crippen LogP contribution in [0.2, 0.25) is 0 Å². The van der Waals surface area contributed by atoms with Gasteiger partial charge in [0.1, 0.15) is 10.8 Å². The minimum absolute atomic E-state index is 0.154. The Labute approximate surface area is 129 Å². The average Bonchev–Trinajstić information content (AvgIpc) is 2.88. The largest absolute Gasteiger partial charge is 0.389 e. The van der Waals surface area contributed by atoms with Crippen molar-refractivity contribution < 1.29 is 12.8 Å². The lowest BCUT2D eigenvalue weighted by Crippen LogP contribution is -2.35. The molecule has 0 bridgehead atoms. The summed E-state index contributed by atoms with van der Waals surface area (Å²) in [5.74, 6) is -0.716. The van der Waals surface area contributed by atoms with E-state index in [-0.39, 0.29) is 21.5 Å². The highest BCUT2D eigenvalue weighted by molar-refractivity contribution is 7.89. The minimum atomic E-state index is -3.80. The SMILES string of the molecule is CN(C)C1CCN(S(=O)(=O)c2cccc(F)c2C(N)=S)C1. The zero-order valence-electron chi connectivity index (χ0n) is 11.9. The van der Waals surface area contributed by atoms with Gasteiger partial charge < -0.3 is 10.6 Å². The second-order valence-corrected chi connectivity index (χ2v) is 7.59. The lowest BCUT2D eigenvalue weighted by atomic mass is 10.2. The van der Waals surface area contributed by atoms with Crippen LogP contribution in [0.1, 0.15) is 12.0 Å². The van der Waals surface area contributed by atoms with Crippen LogP contribution in [0.15, 0.2) is 23.1 Å². The molecule has 2 N–H and O–H groups in total. The summed E-state index contributed by atoms with van der Waals surface area (Å²) in [4.78, 5) is 1.57. The lowest BCUT2D eigenvalue weighted by Gasteiger charge is -2.21. The van der Waals surface area contributed by atoms with Crippen LogP contribution in [0.4, 0.5) is 4.39 Å².